The van der Waals surface area contributed by atoms with Gasteiger partial charge < -0.3 is 9.84 Å². The highest BCUT2D eigenvalue weighted by molar-refractivity contribution is 5.89. The molecule has 0 saturated heterocycles. The van der Waals surface area contributed by atoms with Crippen molar-refractivity contribution in [3.8, 4) is 17.0 Å². The maximum atomic E-state index is 13.4. The van der Waals surface area contributed by atoms with Crippen LogP contribution in [0.3, 0.4) is 0 Å². The van der Waals surface area contributed by atoms with Crippen molar-refractivity contribution < 1.29 is 23.4 Å². The minimum atomic E-state index is -2.89. The third-order valence-corrected chi connectivity index (χ3v) is 4.46. The highest BCUT2D eigenvalue weighted by Crippen LogP contribution is 2.30. The molecule has 3 rings (SSSR count). The SMILES string of the molecule is COc1ccnc(-c2cc(C(=O)O)ccc2Cc2ccc(C(C)(F)F)cc2)c1. The summed E-state index contributed by atoms with van der Waals surface area (Å²) in [5.74, 6) is -3.33. The molecule has 1 aromatic heterocycles. The van der Waals surface area contributed by atoms with E-state index in [1.165, 1.54) is 18.2 Å². The highest BCUT2D eigenvalue weighted by atomic mass is 19.3. The van der Waals surface area contributed by atoms with Gasteiger partial charge in [0.05, 0.1) is 18.4 Å². The molecule has 0 atom stereocenters. The fourth-order valence-electron chi connectivity index (χ4n) is 2.92. The van der Waals surface area contributed by atoms with E-state index < -0.39 is 11.9 Å². The van der Waals surface area contributed by atoms with Gasteiger partial charge in [0.25, 0.3) is 5.92 Å². The van der Waals surface area contributed by atoms with E-state index in [0.717, 1.165) is 18.1 Å². The number of halogens is 2. The van der Waals surface area contributed by atoms with Crippen molar-refractivity contribution >= 4 is 5.97 Å². The van der Waals surface area contributed by atoms with Crippen LogP contribution in [-0.2, 0) is 12.3 Å². The van der Waals surface area contributed by atoms with Gasteiger partial charge in [0.15, 0.2) is 0 Å². The molecule has 6 heteroatoms. The van der Waals surface area contributed by atoms with E-state index in [1.54, 1.807) is 49.7 Å². The molecule has 2 aromatic carbocycles. The lowest BCUT2D eigenvalue weighted by molar-refractivity contribution is 0.0174. The van der Waals surface area contributed by atoms with Crippen LogP contribution < -0.4 is 4.74 Å². The third kappa shape index (κ3) is 4.34. The Morgan fingerprint density at radius 3 is 2.43 bits per heavy atom. The number of pyridine rings is 1. The van der Waals surface area contributed by atoms with Crippen molar-refractivity contribution in [2.45, 2.75) is 19.3 Å². The van der Waals surface area contributed by atoms with Gasteiger partial charge in [0.1, 0.15) is 5.75 Å². The molecule has 0 unspecified atom stereocenters. The van der Waals surface area contributed by atoms with Gasteiger partial charge in [0, 0.05) is 30.3 Å². The fraction of sp³-hybridized carbons (Fsp3) is 0.182. The number of ether oxygens (including phenoxy) is 1. The topological polar surface area (TPSA) is 59.4 Å². The molecule has 0 spiro atoms. The molecule has 4 nitrogen and oxygen atoms in total. The number of hydrogen-bond donors (Lipinski definition) is 1. The molecule has 0 fully saturated rings. The number of carboxylic acid groups (broad SMARTS) is 1. The first-order valence-corrected chi connectivity index (χ1v) is 8.62. The van der Waals surface area contributed by atoms with Crippen LogP contribution in [0.4, 0.5) is 8.78 Å². The van der Waals surface area contributed by atoms with Gasteiger partial charge in [-0.3, -0.25) is 4.98 Å². The Bertz CT molecular complexity index is 995. The van der Waals surface area contributed by atoms with Gasteiger partial charge in [-0.05, 0) is 35.7 Å². The lowest BCUT2D eigenvalue weighted by Crippen LogP contribution is -2.06. The van der Waals surface area contributed by atoms with Crippen molar-refractivity contribution in [3.05, 3.63) is 83.0 Å². The van der Waals surface area contributed by atoms with Crippen LogP contribution in [0, 0.1) is 0 Å². The molecule has 0 aliphatic rings. The van der Waals surface area contributed by atoms with Gasteiger partial charge >= 0.3 is 5.97 Å². The highest BCUT2D eigenvalue weighted by Gasteiger charge is 2.23. The van der Waals surface area contributed by atoms with Crippen molar-refractivity contribution in [2.24, 2.45) is 0 Å². The van der Waals surface area contributed by atoms with Crippen LogP contribution in [0.1, 0.15) is 34.0 Å². The molecule has 1 N–H and O–H groups in total. The number of methoxy groups -OCH3 is 1. The molecule has 3 aromatic rings. The molecule has 1 heterocycles. The molecule has 0 radical (unpaired) electrons. The Labute approximate surface area is 161 Å². The Morgan fingerprint density at radius 1 is 1.11 bits per heavy atom. The van der Waals surface area contributed by atoms with E-state index in [4.69, 9.17) is 4.74 Å². The zero-order chi connectivity index (χ0) is 20.3. The summed E-state index contributed by atoms with van der Waals surface area (Å²) in [6, 6.07) is 14.4. The maximum Gasteiger partial charge on any atom is 0.335 e. The van der Waals surface area contributed by atoms with Crippen molar-refractivity contribution in [1.29, 1.82) is 0 Å². The Kier molecular flexibility index (Phi) is 5.40. The van der Waals surface area contributed by atoms with Crippen LogP contribution in [0.15, 0.2) is 60.8 Å². The summed E-state index contributed by atoms with van der Waals surface area (Å²) in [7, 11) is 1.54. The Hall–Kier alpha value is -3.28. The van der Waals surface area contributed by atoms with E-state index in [2.05, 4.69) is 4.98 Å². The van der Waals surface area contributed by atoms with Crippen molar-refractivity contribution in [2.75, 3.05) is 7.11 Å². The van der Waals surface area contributed by atoms with Gasteiger partial charge in [0.2, 0.25) is 0 Å². The van der Waals surface area contributed by atoms with E-state index in [-0.39, 0.29) is 11.1 Å². The van der Waals surface area contributed by atoms with E-state index in [0.29, 0.717) is 23.4 Å². The Balaban J connectivity index is 2.01. The van der Waals surface area contributed by atoms with E-state index in [9.17, 15) is 18.7 Å². The first-order chi connectivity index (χ1) is 13.3. The molecule has 0 aliphatic heterocycles. The minimum Gasteiger partial charge on any atom is -0.497 e. The van der Waals surface area contributed by atoms with Gasteiger partial charge in [-0.25, -0.2) is 13.6 Å². The summed E-state index contributed by atoms with van der Waals surface area (Å²) in [6.07, 6.45) is 2.03. The first kappa shape index (κ1) is 19.5. The fourth-order valence-corrected chi connectivity index (χ4v) is 2.92. The molecule has 144 valence electrons. The summed E-state index contributed by atoms with van der Waals surface area (Å²) in [5.41, 5.74) is 3.00. The summed E-state index contributed by atoms with van der Waals surface area (Å²) >= 11 is 0. The van der Waals surface area contributed by atoms with Gasteiger partial charge in [-0.2, -0.15) is 0 Å². The summed E-state index contributed by atoms with van der Waals surface area (Å²) < 4.78 is 32.1. The first-order valence-electron chi connectivity index (χ1n) is 8.62. The van der Waals surface area contributed by atoms with Crippen LogP contribution in [0.5, 0.6) is 5.75 Å². The number of carboxylic acids is 1. The number of hydrogen-bond acceptors (Lipinski definition) is 3. The molecular formula is C22H19F2NO3. The largest absolute Gasteiger partial charge is 0.497 e. The molecule has 0 amide bonds. The summed E-state index contributed by atoms with van der Waals surface area (Å²) in [4.78, 5) is 15.7. The second kappa shape index (κ2) is 7.76. The number of carbonyl (C=O) groups is 1. The second-order valence-corrected chi connectivity index (χ2v) is 6.52. The maximum absolute atomic E-state index is 13.4. The van der Waals surface area contributed by atoms with Crippen LogP contribution >= 0.6 is 0 Å². The van der Waals surface area contributed by atoms with Gasteiger partial charge in [-0.1, -0.05) is 30.3 Å². The average Bonchev–Trinajstić information content (AvgIpc) is 2.68. The van der Waals surface area contributed by atoms with Crippen LogP contribution in [-0.4, -0.2) is 23.2 Å². The predicted molar refractivity (Wildman–Crippen MR) is 102 cm³/mol. The van der Waals surface area contributed by atoms with E-state index >= 15 is 0 Å². The quantitative estimate of drug-likeness (QED) is 0.639. The minimum absolute atomic E-state index is 0.0489. The molecule has 28 heavy (non-hydrogen) atoms. The van der Waals surface area contributed by atoms with Crippen LogP contribution in [0.25, 0.3) is 11.3 Å². The predicted octanol–water partition coefficient (Wildman–Crippen LogP) is 5.16. The number of alkyl halides is 2. The third-order valence-electron chi connectivity index (χ3n) is 4.46. The average molecular weight is 383 g/mol. The number of nitrogens with zero attached hydrogens (tertiary/aromatic N) is 1. The molecule has 0 saturated carbocycles. The summed E-state index contributed by atoms with van der Waals surface area (Å²) in [5, 5.41) is 9.33. The number of rotatable bonds is 6. The lowest BCUT2D eigenvalue weighted by atomic mass is 9.94. The Morgan fingerprint density at radius 2 is 1.82 bits per heavy atom. The van der Waals surface area contributed by atoms with Crippen molar-refractivity contribution in [1.82, 2.24) is 4.98 Å². The lowest BCUT2D eigenvalue weighted by Gasteiger charge is -2.13. The number of benzene rings is 2. The number of aromatic carboxylic acids is 1. The normalized spacial score (nSPS) is 11.3. The monoisotopic (exact) mass is 383 g/mol. The molecular weight excluding hydrogens is 364 g/mol. The summed E-state index contributed by atoms with van der Waals surface area (Å²) in [6.45, 7) is 0.860. The molecule has 0 bridgehead atoms. The zero-order valence-electron chi connectivity index (χ0n) is 15.4. The molecule has 0 aliphatic carbocycles. The van der Waals surface area contributed by atoms with Crippen molar-refractivity contribution in [3.63, 3.8) is 0 Å². The second-order valence-electron chi connectivity index (χ2n) is 6.52. The van der Waals surface area contributed by atoms with E-state index in [1.807, 2.05) is 0 Å². The van der Waals surface area contributed by atoms with Crippen LogP contribution in [0.2, 0.25) is 0 Å². The van der Waals surface area contributed by atoms with Gasteiger partial charge in [-0.15, -0.1) is 0 Å². The standard InChI is InChI=1S/C22H19F2NO3/c1-22(23,24)17-7-3-14(4-8-17)11-15-5-6-16(21(26)27)12-19(15)20-13-18(28-2)9-10-25-20/h3-10,12-13H,11H2,1-2H3,(H,26,27). The zero-order valence-corrected chi connectivity index (χ0v) is 15.4. The smallest absolute Gasteiger partial charge is 0.335 e. The number of aromatic nitrogens is 1.